The van der Waals surface area contributed by atoms with Gasteiger partial charge in [0.05, 0.1) is 42.5 Å². The van der Waals surface area contributed by atoms with Crippen molar-refractivity contribution in [3.8, 4) is 0 Å². The van der Waals surface area contributed by atoms with Crippen molar-refractivity contribution in [3.63, 3.8) is 0 Å². The van der Waals surface area contributed by atoms with Crippen molar-refractivity contribution in [1.29, 1.82) is 0 Å². The molecule has 13 nitrogen and oxygen atoms in total. The molecule has 1 aromatic heterocycles. The third-order valence-electron chi connectivity index (χ3n) is 7.04. The van der Waals surface area contributed by atoms with Crippen LogP contribution in [0, 0.1) is 0 Å². The number of nitrogens with two attached hydrogens (primary N) is 1. The molecule has 0 saturated carbocycles. The molecule has 5 N–H and O–H groups in total. The number of likely N-dealkylation sites (tertiary alicyclic amines) is 1. The minimum atomic E-state index is -0.638. The second-order valence-electron chi connectivity index (χ2n) is 9.87. The zero-order valence-corrected chi connectivity index (χ0v) is 23.6. The number of hydrogen-bond donors (Lipinski definition) is 4. The fraction of sp³-hybridized carbons (Fsp3) is 0.481. The quantitative estimate of drug-likeness (QED) is 0.287. The average Bonchev–Trinajstić information content (AvgIpc) is 2.96. The highest BCUT2D eigenvalue weighted by Crippen LogP contribution is 2.17. The van der Waals surface area contributed by atoms with Gasteiger partial charge in [0.2, 0.25) is 5.91 Å². The summed E-state index contributed by atoms with van der Waals surface area (Å²) in [4.78, 5) is 56.3. The van der Waals surface area contributed by atoms with E-state index in [4.69, 9.17) is 31.5 Å². The number of aromatic nitrogens is 1. The highest BCUT2D eigenvalue weighted by atomic mass is 35.5. The maximum atomic E-state index is 12.7. The Kier molecular flexibility index (Phi) is 10.7. The number of H-pyrrole nitrogens is 1. The van der Waals surface area contributed by atoms with Crippen LogP contribution in [0.5, 0.6) is 0 Å². The summed E-state index contributed by atoms with van der Waals surface area (Å²) in [6.45, 7) is 5.02. The molecule has 2 amide bonds. The zero-order chi connectivity index (χ0) is 29.4. The number of ether oxygens (including phenoxy) is 3. The molecule has 0 radical (unpaired) electrons. The summed E-state index contributed by atoms with van der Waals surface area (Å²) >= 11 is 5.95. The zero-order valence-electron chi connectivity index (χ0n) is 22.8. The number of nitrogens with zero attached hydrogens (tertiary/aromatic N) is 2. The van der Waals surface area contributed by atoms with Gasteiger partial charge in [0.1, 0.15) is 18.0 Å². The molecule has 0 bridgehead atoms. The SMILES string of the molecule is CO[C@@H]1CN(CC(=O)Nc2ccc(C(=O)OCCN3CCOCC3)cc2)CC[C@@H]1NC(=O)c1cc(Cl)c(N)[nH]c1=O. The number of pyridine rings is 1. The van der Waals surface area contributed by atoms with E-state index in [0.717, 1.165) is 13.1 Å². The molecule has 0 aliphatic carbocycles. The predicted molar refractivity (Wildman–Crippen MR) is 152 cm³/mol. The van der Waals surface area contributed by atoms with Crippen LogP contribution in [0.3, 0.4) is 0 Å². The Morgan fingerprint density at radius 3 is 2.59 bits per heavy atom. The summed E-state index contributed by atoms with van der Waals surface area (Å²) in [7, 11) is 1.52. The molecule has 222 valence electrons. The highest BCUT2D eigenvalue weighted by molar-refractivity contribution is 6.33. The lowest BCUT2D eigenvalue weighted by molar-refractivity contribution is -0.118. The summed E-state index contributed by atoms with van der Waals surface area (Å²) in [5.74, 6) is -1.24. The number of hydrogen-bond acceptors (Lipinski definition) is 10. The molecule has 4 rings (SSSR count). The minimum Gasteiger partial charge on any atom is -0.461 e. The molecule has 0 unspecified atom stereocenters. The number of carbonyl (C=O) groups excluding carboxylic acids is 3. The van der Waals surface area contributed by atoms with Crippen LogP contribution < -0.4 is 21.9 Å². The van der Waals surface area contributed by atoms with Crippen LogP contribution in [-0.2, 0) is 19.0 Å². The van der Waals surface area contributed by atoms with Gasteiger partial charge in [0, 0.05) is 45.5 Å². The lowest BCUT2D eigenvalue weighted by Gasteiger charge is -2.37. The lowest BCUT2D eigenvalue weighted by Crippen LogP contribution is -2.56. The van der Waals surface area contributed by atoms with Crippen LogP contribution in [0.4, 0.5) is 11.5 Å². The van der Waals surface area contributed by atoms with Crippen LogP contribution in [0.1, 0.15) is 27.1 Å². The molecule has 3 heterocycles. The van der Waals surface area contributed by atoms with Gasteiger partial charge in [-0.05, 0) is 36.8 Å². The van der Waals surface area contributed by atoms with Crippen molar-refractivity contribution in [3.05, 3.63) is 56.8 Å². The number of carbonyl (C=O) groups is 3. The number of halogens is 1. The van der Waals surface area contributed by atoms with E-state index in [9.17, 15) is 19.2 Å². The van der Waals surface area contributed by atoms with Gasteiger partial charge in [-0.15, -0.1) is 0 Å². The number of esters is 1. The van der Waals surface area contributed by atoms with E-state index in [-0.39, 0.29) is 34.9 Å². The highest BCUT2D eigenvalue weighted by Gasteiger charge is 2.32. The molecule has 14 heteroatoms. The number of amides is 2. The number of nitrogen functional groups attached to an aromatic ring is 1. The number of aromatic amines is 1. The first-order valence-corrected chi connectivity index (χ1v) is 13.7. The molecule has 0 spiro atoms. The van der Waals surface area contributed by atoms with Crippen molar-refractivity contribution in [2.75, 3.05) is 77.2 Å². The Morgan fingerprint density at radius 2 is 1.88 bits per heavy atom. The monoisotopic (exact) mass is 590 g/mol. The second-order valence-corrected chi connectivity index (χ2v) is 10.3. The predicted octanol–water partition coefficient (Wildman–Crippen LogP) is 0.557. The fourth-order valence-corrected chi connectivity index (χ4v) is 4.89. The van der Waals surface area contributed by atoms with Crippen molar-refractivity contribution < 1.29 is 28.6 Å². The number of nitrogens with one attached hydrogen (secondary N) is 3. The number of morpholine rings is 1. The third-order valence-corrected chi connectivity index (χ3v) is 7.36. The van der Waals surface area contributed by atoms with Crippen LogP contribution in [0.2, 0.25) is 5.02 Å². The Balaban J connectivity index is 1.22. The standard InChI is InChI=1S/C27H35ClN6O7/c1-39-22-15-34(7-6-21(22)31-25(36)19-14-20(28)24(29)32-26(19)37)16-23(35)30-18-4-2-17(3-5-18)27(38)41-13-10-33-8-11-40-12-9-33/h2-5,14,21-22H,6-13,15-16H2,1H3,(H,30,35)(H,31,36)(H3,29,32,37)/t21-,22+/m0/s1. The molecule has 2 saturated heterocycles. The lowest BCUT2D eigenvalue weighted by atomic mass is 10.0. The Labute approximate surface area is 242 Å². The summed E-state index contributed by atoms with van der Waals surface area (Å²) in [6, 6.07) is 7.39. The van der Waals surface area contributed by atoms with E-state index in [0.29, 0.717) is 57.1 Å². The number of rotatable bonds is 10. The molecule has 2 aliphatic heterocycles. The number of piperidine rings is 1. The van der Waals surface area contributed by atoms with E-state index in [1.165, 1.54) is 13.2 Å². The molecule has 2 aliphatic rings. The minimum absolute atomic E-state index is 0.0110. The third kappa shape index (κ3) is 8.50. The molecule has 1 aromatic carbocycles. The van der Waals surface area contributed by atoms with E-state index < -0.39 is 23.5 Å². The first kappa shape index (κ1) is 30.5. The maximum absolute atomic E-state index is 12.7. The molecule has 41 heavy (non-hydrogen) atoms. The molecule has 2 fully saturated rings. The largest absolute Gasteiger partial charge is 0.461 e. The van der Waals surface area contributed by atoms with Gasteiger partial charge in [-0.25, -0.2) is 4.79 Å². The van der Waals surface area contributed by atoms with Crippen molar-refractivity contribution >= 4 is 40.9 Å². The molecular formula is C27H35ClN6O7. The van der Waals surface area contributed by atoms with Gasteiger partial charge in [-0.3, -0.25) is 24.2 Å². The summed E-state index contributed by atoms with van der Waals surface area (Å²) in [5, 5.41) is 5.73. The first-order chi connectivity index (χ1) is 19.7. The van der Waals surface area contributed by atoms with Crippen LogP contribution in [-0.4, -0.2) is 111 Å². The Hall–Kier alpha value is -3.49. The van der Waals surface area contributed by atoms with E-state index >= 15 is 0 Å². The summed E-state index contributed by atoms with van der Waals surface area (Å²) in [5.41, 5.74) is 5.75. The van der Waals surface area contributed by atoms with Gasteiger partial charge in [-0.2, -0.15) is 0 Å². The Morgan fingerprint density at radius 1 is 1.15 bits per heavy atom. The molecule has 2 atom stereocenters. The van der Waals surface area contributed by atoms with Crippen molar-refractivity contribution in [2.45, 2.75) is 18.6 Å². The van der Waals surface area contributed by atoms with Gasteiger partial charge in [0.15, 0.2) is 0 Å². The number of anilines is 2. The van der Waals surface area contributed by atoms with Gasteiger partial charge >= 0.3 is 5.97 Å². The second kappa shape index (κ2) is 14.4. The smallest absolute Gasteiger partial charge is 0.338 e. The van der Waals surface area contributed by atoms with Crippen molar-refractivity contribution in [2.24, 2.45) is 0 Å². The van der Waals surface area contributed by atoms with E-state index in [2.05, 4.69) is 20.5 Å². The summed E-state index contributed by atoms with van der Waals surface area (Å²) in [6.07, 6.45) is 0.0953. The molecular weight excluding hydrogens is 556 g/mol. The first-order valence-electron chi connectivity index (χ1n) is 13.3. The molecule has 2 aromatic rings. The normalized spacial score (nSPS) is 19.9. The van der Waals surface area contributed by atoms with Crippen LogP contribution in [0.15, 0.2) is 35.1 Å². The van der Waals surface area contributed by atoms with Gasteiger partial charge < -0.3 is 35.6 Å². The topological polar surface area (TPSA) is 168 Å². The van der Waals surface area contributed by atoms with Crippen LogP contribution >= 0.6 is 11.6 Å². The van der Waals surface area contributed by atoms with E-state index in [1.807, 2.05) is 4.90 Å². The number of benzene rings is 1. The van der Waals surface area contributed by atoms with Gasteiger partial charge in [-0.1, -0.05) is 11.6 Å². The Bertz CT molecular complexity index is 1280. The average molecular weight is 591 g/mol. The van der Waals surface area contributed by atoms with Gasteiger partial charge in [0.25, 0.3) is 11.5 Å². The fourth-order valence-electron chi connectivity index (χ4n) is 4.73. The summed E-state index contributed by atoms with van der Waals surface area (Å²) < 4.78 is 16.2. The van der Waals surface area contributed by atoms with Crippen LogP contribution in [0.25, 0.3) is 0 Å². The van der Waals surface area contributed by atoms with Crippen molar-refractivity contribution in [1.82, 2.24) is 20.1 Å². The maximum Gasteiger partial charge on any atom is 0.338 e. The van der Waals surface area contributed by atoms with E-state index in [1.54, 1.807) is 24.3 Å². The number of methoxy groups -OCH3 is 1.